The van der Waals surface area contributed by atoms with E-state index in [-0.39, 0.29) is 22.5 Å². The van der Waals surface area contributed by atoms with Crippen LogP contribution >= 0.6 is 11.3 Å². The summed E-state index contributed by atoms with van der Waals surface area (Å²) in [4.78, 5) is 46.8. The second-order valence-electron chi connectivity index (χ2n) is 5.69. The van der Waals surface area contributed by atoms with Gasteiger partial charge < -0.3 is 0 Å². The third-order valence-electron chi connectivity index (χ3n) is 3.93. The summed E-state index contributed by atoms with van der Waals surface area (Å²) < 4.78 is 0. The molecule has 1 N–H and O–H groups in total. The number of pyridine rings is 1. The molecule has 0 radical (unpaired) electrons. The van der Waals surface area contributed by atoms with Gasteiger partial charge in [0.15, 0.2) is 5.13 Å². The van der Waals surface area contributed by atoms with Crippen molar-refractivity contribution in [3.63, 3.8) is 0 Å². The number of nitrogens with one attached hydrogen (secondary N) is 1. The maximum absolute atomic E-state index is 12.7. The second-order valence-corrected chi connectivity index (χ2v) is 6.58. The molecule has 2 aromatic heterocycles. The van der Waals surface area contributed by atoms with Crippen LogP contribution in [-0.4, -0.2) is 27.7 Å². The highest BCUT2D eigenvalue weighted by Crippen LogP contribution is 2.28. The zero-order valence-electron chi connectivity index (χ0n) is 13.6. The molecule has 0 aliphatic carbocycles. The summed E-state index contributed by atoms with van der Waals surface area (Å²) in [5.74, 6) is -1.07. The van der Waals surface area contributed by atoms with Crippen LogP contribution in [-0.2, 0) is 0 Å². The van der Waals surface area contributed by atoms with Crippen LogP contribution < -0.4 is 10.2 Å². The molecule has 0 spiro atoms. The van der Waals surface area contributed by atoms with E-state index in [1.807, 2.05) is 6.92 Å². The van der Waals surface area contributed by atoms with Gasteiger partial charge in [-0.25, -0.2) is 14.9 Å². The van der Waals surface area contributed by atoms with Crippen molar-refractivity contribution in [3.8, 4) is 0 Å². The minimum Gasteiger partial charge on any atom is -0.298 e. The largest absolute Gasteiger partial charge is 0.298 e. The summed E-state index contributed by atoms with van der Waals surface area (Å²) in [5.41, 5.74) is 1.60. The first-order valence-electron chi connectivity index (χ1n) is 7.71. The van der Waals surface area contributed by atoms with Crippen LogP contribution in [0.1, 0.15) is 36.6 Å². The molecule has 0 bridgehead atoms. The van der Waals surface area contributed by atoms with Crippen LogP contribution in [0.3, 0.4) is 0 Å². The molecule has 1 aromatic carbocycles. The first kappa shape index (κ1) is 16.1. The van der Waals surface area contributed by atoms with Gasteiger partial charge in [0.2, 0.25) is 0 Å². The molecule has 4 rings (SSSR count). The lowest BCUT2D eigenvalue weighted by Crippen LogP contribution is -2.30. The van der Waals surface area contributed by atoms with Gasteiger partial charge in [0.1, 0.15) is 5.82 Å². The molecule has 0 unspecified atom stereocenters. The van der Waals surface area contributed by atoms with Crippen LogP contribution in [0.25, 0.3) is 0 Å². The topological polar surface area (TPSA) is 92.3 Å². The molecule has 0 saturated heterocycles. The minimum absolute atomic E-state index is 0.185. The van der Waals surface area contributed by atoms with Crippen molar-refractivity contribution in [2.75, 3.05) is 10.2 Å². The maximum Gasteiger partial charge on any atom is 0.267 e. The zero-order valence-corrected chi connectivity index (χ0v) is 14.4. The molecule has 0 fully saturated rings. The monoisotopic (exact) mass is 364 g/mol. The van der Waals surface area contributed by atoms with Crippen LogP contribution in [0.4, 0.5) is 10.9 Å². The van der Waals surface area contributed by atoms with Gasteiger partial charge in [-0.15, -0.1) is 11.3 Å². The van der Waals surface area contributed by atoms with Crippen LogP contribution in [0.5, 0.6) is 0 Å². The molecule has 1 aliphatic heterocycles. The minimum atomic E-state index is -0.494. The van der Waals surface area contributed by atoms with Crippen molar-refractivity contribution in [3.05, 3.63) is 70.4 Å². The number of aromatic nitrogens is 2. The fraction of sp³-hybridized carbons (Fsp3) is 0.0556. The Morgan fingerprint density at radius 2 is 1.85 bits per heavy atom. The SMILES string of the molecule is Cc1ccnc(N2C(=O)c3ccc(C(=O)Nc4nccs4)cc3C2=O)c1. The van der Waals surface area contributed by atoms with Crippen molar-refractivity contribution in [2.45, 2.75) is 6.92 Å². The fourth-order valence-corrected chi connectivity index (χ4v) is 3.21. The number of rotatable bonds is 3. The quantitative estimate of drug-likeness (QED) is 0.722. The van der Waals surface area contributed by atoms with Crippen molar-refractivity contribution >= 4 is 40.0 Å². The molecule has 0 saturated carbocycles. The average Bonchev–Trinajstić information content (AvgIpc) is 3.22. The number of imide groups is 1. The molecule has 26 heavy (non-hydrogen) atoms. The lowest BCUT2D eigenvalue weighted by Gasteiger charge is -2.12. The maximum atomic E-state index is 12.7. The number of hydrogen-bond donors (Lipinski definition) is 1. The molecule has 7 nitrogen and oxygen atoms in total. The van der Waals surface area contributed by atoms with Crippen molar-refractivity contribution in [2.24, 2.45) is 0 Å². The Hall–Kier alpha value is -3.39. The highest BCUT2D eigenvalue weighted by atomic mass is 32.1. The van der Waals surface area contributed by atoms with E-state index < -0.39 is 17.7 Å². The number of aryl methyl sites for hydroxylation is 1. The number of amides is 3. The van der Waals surface area contributed by atoms with Crippen molar-refractivity contribution in [1.29, 1.82) is 0 Å². The van der Waals surface area contributed by atoms with Gasteiger partial charge in [-0.3, -0.25) is 19.7 Å². The van der Waals surface area contributed by atoms with Gasteiger partial charge in [0, 0.05) is 23.3 Å². The molecule has 128 valence electrons. The van der Waals surface area contributed by atoms with Gasteiger partial charge in [-0.1, -0.05) is 0 Å². The highest BCUT2D eigenvalue weighted by Gasteiger charge is 2.38. The summed E-state index contributed by atoms with van der Waals surface area (Å²) in [7, 11) is 0. The lowest BCUT2D eigenvalue weighted by atomic mass is 10.1. The third-order valence-corrected chi connectivity index (χ3v) is 4.62. The molecule has 1 aliphatic rings. The average molecular weight is 364 g/mol. The van der Waals surface area contributed by atoms with Gasteiger partial charge >= 0.3 is 0 Å². The Kier molecular flexibility index (Phi) is 3.81. The number of fused-ring (bicyclic) bond motifs is 1. The molecular formula is C18H12N4O3S. The highest BCUT2D eigenvalue weighted by molar-refractivity contribution is 7.13. The summed E-state index contributed by atoms with van der Waals surface area (Å²) in [5, 5.41) is 4.86. The van der Waals surface area contributed by atoms with E-state index in [2.05, 4.69) is 15.3 Å². The van der Waals surface area contributed by atoms with Crippen LogP contribution in [0.2, 0.25) is 0 Å². The first-order chi connectivity index (χ1) is 12.5. The first-order valence-corrected chi connectivity index (χ1v) is 8.59. The van der Waals surface area contributed by atoms with Gasteiger partial charge in [-0.05, 0) is 42.8 Å². The molecular weight excluding hydrogens is 352 g/mol. The fourth-order valence-electron chi connectivity index (χ4n) is 2.69. The van der Waals surface area contributed by atoms with E-state index in [0.29, 0.717) is 5.13 Å². The number of carbonyl (C=O) groups is 3. The van der Waals surface area contributed by atoms with E-state index in [4.69, 9.17) is 0 Å². The van der Waals surface area contributed by atoms with Crippen LogP contribution in [0.15, 0.2) is 48.1 Å². The van der Waals surface area contributed by atoms with Crippen LogP contribution in [0, 0.1) is 6.92 Å². The number of benzene rings is 1. The normalized spacial score (nSPS) is 13.0. The van der Waals surface area contributed by atoms with Gasteiger partial charge in [0.05, 0.1) is 11.1 Å². The number of thiazole rings is 1. The summed E-state index contributed by atoms with van der Waals surface area (Å²) in [6.45, 7) is 1.85. The Bertz CT molecular complexity index is 1050. The predicted molar refractivity (Wildman–Crippen MR) is 96.6 cm³/mol. The predicted octanol–water partition coefficient (Wildman–Crippen LogP) is 2.90. The van der Waals surface area contributed by atoms with E-state index in [1.54, 1.807) is 29.9 Å². The van der Waals surface area contributed by atoms with Gasteiger partial charge in [0.25, 0.3) is 17.7 Å². The van der Waals surface area contributed by atoms with Gasteiger partial charge in [-0.2, -0.15) is 0 Å². The molecule has 3 heterocycles. The number of carbonyl (C=O) groups excluding carboxylic acids is 3. The number of nitrogens with zero attached hydrogens (tertiary/aromatic N) is 3. The smallest absolute Gasteiger partial charge is 0.267 e. The van der Waals surface area contributed by atoms with E-state index in [0.717, 1.165) is 10.5 Å². The Balaban J connectivity index is 1.67. The van der Waals surface area contributed by atoms with E-state index >= 15 is 0 Å². The Morgan fingerprint density at radius 1 is 1.04 bits per heavy atom. The number of anilines is 2. The molecule has 8 heteroatoms. The lowest BCUT2D eigenvalue weighted by molar-refractivity contribution is 0.0924. The molecule has 0 atom stereocenters. The summed E-state index contributed by atoms with van der Waals surface area (Å²) in [6, 6.07) is 7.87. The number of hydrogen-bond acceptors (Lipinski definition) is 6. The summed E-state index contributed by atoms with van der Waals surface area (Å²) in [6.07, 6.45) is 3.12. The van der Waals surface area contributed by atoms with E-state index in [1.165, 1.54) is 29.5 Å². The third kappa shape index (κ3) is 2.66. The zero-order chi connectivity index (χ0) is 18.3. The molecule has 3 amide bonds. The summed E-state index contributed by atoms with van der Waals surface area (Å²) >= 11 is 1.29. The second kappa shape index (κ2) is 6.16. The Labute approximate surface area is 152 Å². The Morgan fingerprint density at radius 3 is 2.58 bits per heavy atom. The molecule has 3 aromatic rings. The van der Waals surface area contributed by atoms with Crippen molar-refractivity contribution in [1.82, 2.24) is 9.97 Å². The van der Waals surface area contributed by atoms with Crippen molar-refractivity contribution < 1.29 is 14.4 Å². The standard InChI is InChI=1S/C18H12N4O3S/c1-10-4-5-19-14(8-10)22-16(24)12-3-2-11(9-13(12)17(22)25)15(23)21-18-20-6-7-26-18/h2-9H,1H3,(H,20,21,23). The van der Waals surface area contributed by atoms with E-state index in [9.17, 15) is 14.4 Å².